The summed E-state index contributed by atoms with van der Waals surface area (Å²) < 4.78 is 0.741. The Morgan fingerprint density at radius 2 is 2.11 bits per heavy atom. The van der Waals surface area contributed by atoms with Crippen LogP contribution in [0, 0.1) is 0 Å². The number of amides is 1. The molecular weight excluding hydrogens is 327 g/mol. The topological polar surface area (TPSA) is 42.0 Å². The fourth-order valence-corrected chi connectivity index (χ4v) is 2.90. The van der Waals surface area contributed by atoms with E-state index in [4.69, 9.17) is 34.8 Å². The molecule has 0 aliphatic carbocycles. The molecule has 1 amide bonds. The standard InChI is InChI=1S/C12H9Cl3N2OS/c13-9-6-17-10(14)5-8(9)12(18)16-4-3-7-1-2-11(15)19-7/h1-2,5-6H,3-4H2,(H,16,18). The van der Waals surface area contributed by atoms with Crippen molar-refractivity contribution in [1.29, 1.82) is 0 Å². The van der Waals surface area contributed by atoms with Crippen LogP contribution in [0.5, 0.6) is 0 Å². The van der Waals surface area contributed by atoms with E-state index in [1.54, 1.807) is 0 Å². The molecule has 0 bridgehead atoms. The van der Waals surface area contributed by atoms with Gasteiger partial charge in [0.1, 0.15) is 5.15 Å². The molecule has 2 heterocycles. The maximum atomic E-state index is 11.9. The summed E-state index contributed by atoms with van der Waals surface area (Å²) in [6.45, 7) is 0.506. The van der Waals surface area contributed by atoms with Crippen LogP contribution in [0.25, 0.3) is 0 Å². The lowest BCUT2D eigenvalue weighted by Crippen LogP contribution is -2.25. The number of nitrogens with zero attached hydrogens (tertiary/aromatic N) is 1. The van der Waals surface area contributed by atoms with Crippen molar-refractivity contribution < 1.29 is 4.79 Å². The minimum Gasteiger partial charge on any atom is -0.352 e. The smallest absolute Gasteiger partial charge is 0.252 e. The van der Waals surface area contributed by atoms with Gasteiger partial charge in [-0.25, -0.2) is 4.98 Å². The first-order valence-electron chi connectivity index (χ1n) is 5.39. The molecule has 19 heavy (non-hydrogen) atoms. The number of hydrogen-bond donors (Lipinski definition) is 1. The van der Waals surface area contributed by atoms with Gasteiger partial charge in [0.2, 0.25) is 0 Å². The second-order valence-corrected chi connectivity index (χ2v) is 6.29. The van der Waals surface area contributed by atoms with Crippen LogP contribution in [0.3, 0.4) is 0 Å². The summed E-state index contributed by atoms with van der Waals surface area (Å²) in [5.74, 6) is -0.267. The Hall–Kier alpha value is -0.810. The fraction of sp³-hybridized carbons (Fsp3) is 0.167. The summed E-state index contributed by atoms with van der Waals surface area (Å²) in [7, 11) is 0. The summed E-state index contributed by atoms with van der Waals surface area (Å²) in [6, 6.07) is 5.22. The van der Waals surface area contributed by atoms with Gasteiger partial charge >= 0.3 is 0 Å². The first kappa shape index (κ1) is 14.6. The Kier molecular flexibility index (Phi) is 5.05. The Morgan fingerprint density at radius 1 is 1.32 bits per heavy atom. The van der Waals surface area contributed by atoms with Crippen LogP contribution in [0.2, 0.25) is 14.5 Å². The summed E-state index contributed by atoms with van der Waals surface area (Å²) >= 11 is 18.9. The number of thiophene rings is 1. The third-order valence-electron chi connectivity index (χ3n) is 2.35. The third kappa shape index (κ3) is 4.08. The normalized spacial score (nSPS) is 10.5. The van der Waals surface area contributed by atoms with Gasteiger partial charge in [-0.15, -0.1) is 11.3 Å². The predicted molar refractivity (Wildman–Crippen MR) is 79.6 cm³/mol. The van der Waals surface area contributed by atoms with Crippen LogP contribution in [-0.2, 0) is 6.42 Å². The van der Waals surface area contributed by atoms with Crippen molar-refractivity contribution in [1.82, 2.24) is 10.3 Å². The highest BCUT2D eigenvalue weighted by atomic mass is 35.5. The van der Waals surface area contributed by atoms with Gasteiger partial charge in [-0.2, -0.15) is 0 Å². The van der Waals surface area contributed by atoms with Crippen molar-refractivity contribution in [2.45, 2.75) is 6.42 Å². The molecule has 0 radical (unpaired) electrons. The Morgan fingerprint density at radius 3 is 2.79 bits per heavy atom. The largest absolute Gasteiger partial charge is 0.352 e. The number of nitrogens with one attached hydrogen (secondary N) is 1. The van der Waals surface area contributed by atoms with E-state index < -0.39 is 0 Å². The molecule has 7 heteroatoms. The van der Waals surface area contributed by atoms with Crippen molar-refractivity contribution in [3.63, 3.8) is 0 Å². The number of pyridine rings is 1. The number of carbonyl (C=O) groups excluding carboxylic acids is 1. The van der Waals surface area contributed by atoms with E-state index in [2.05, 4.69) is 10.3 Å². The average molecular weight is 336 g/mol. The van der Waals surface area contributed by atoms with Gasteiger partial charge in [0.25, 0.3) is 5.91 Å². The quantitative estimate of drug-likeness (QED) is 0.856. The third-order valence-corrected chi connectivity index (χ3v) is 4.15. The van der Waals surface area contributed by atoms with Gasteiger partial charge in [0, 0.05) is 17.6 Å². The summed E-state index contributed by atoms with van der Waals surface area (Å²) in [5, 5.41) is 3.29. The van der Waals surface area contributed by atoms with Crippen LogP contribution in [-0.4, -0.2) is 17.4 Å². The zero-order valence-corrected chi connectivity index (χ0v) is 12.7. The molecular formula is C12H9Cl3N2OS. The lowest BCUT2D eigenvalue weighted by Gasteiger charge is -2.06. The summed E-state index contributed by atoms with van der Waals surface area (Å²) in [4.78, 5) is 16.8. The van der Waals surface area contributed by atoms with Crippen molar-refractivity contribution >= 4 is 52.0 Å². The van der Waals surface area contributed by atoms with Crippen LogP contribution in [0.4, 0.5) is 0 Å². The van der Waals surface area contributed by atoms with Crippen molar-refractivity contribution in [3.05, 3.63) is 49.3 Å². The van der Waals surface area contributed by atoms with Crippen LogP contribution in [0.15, 0.2) is 24.4 Å². The van der Waals surface area contributed by atoms with Gasteiger partial charge in [0.15, 0.2) is 0 Å². The molecule has 2 aromatic rings. The second-order valence-electron chi connectivity index (χ2n) is 3.70. The molecule has 0 aliphatic rings. The van der Waals surface area contributed by atoms with Crippen LogP contribution >= 0.6 is 46.1 Å². The van der Waals surface area contributed by atoms with E-state index in [1.807, 2.05) is 12.1 Å². The molecule has 0 saturated carbocycles. The molecule has 0 aromatic carbocycles. The number of carbonyl (C=O) groups is 1. The molecule has 0 saturated heterocycles. The van der Waals surface area contributed by atoms with Gasteiger partial charge in [-0.05, 0) is 24.6 Å². The number of hydrogen-bond acceptors (Lipinski definition) is 3. The van der Waals surface area contributed by atoms with Gasteiger partial charge in [0.05, 0.1) is 14.9 Å². The highest BCUT2D eigenvalue weighted by Crippen LogP contribution is 2.21. The van der Waals surface area contributed by atoms with Crippen molar-refractivity contribution in [3.8, 4) is 0 Å². The van der Waals surface area contributed by atoms with Crippen LogP contribution in [0.1, 0.15) is 15.2 Å². The summed E-state index contributed by atoms with van der Waals surface area (Å²) in [6.07, 6.45) is 2.08. The summed E-state index contributed by atoms with van der Waals surface area (Å²) in [5.41, 5.74) is 0.325. The number of rotatable bonds is 4. The molecule has 3 nitrogen and oxygen atoms in total. The van der Waals surface area contributed by atoms with E-state index in [9.17, 15) is 4.79 Å². The molecule has 2 rings (SSSR count). The maximum Gasteiger partial charge on any atom is 0.252 e. The molecule has 0 aliphatic heterocycles. The molecule has 0 unspecified atom stereocenters. The molecule has 0 atom stereocenters. The van der Waals surface area contributed by atoms with E-state index in [0.717, 1.165) is 15.6 Å². The lowest BCUT2D eigenvalue weighted by atomic mass is 10.2. The monoisotopic (exact) mass is 334 g/mol. The van der Waals surface area contributed by atoms with E-state index in [-0.39, 0.29) is 16.1 Å². The van der Waals surface area contributed by atoms with E-state index in [0.29, 0.717) is 12.1 Å². The number of halogens is 3. The average Bonchev–Trinajstić information content (AvgIpc) is 2.78. The van der Waals surface area contributed by atoms with Crippen molar-refractivity contribution in [2.24, 2.45) is 0 Å². The second kappa shape index (κ2) is 6.57. The van der Waals surface area contributed by atoms with Gasteiger partial charge in [-0.3, -0.25) is 4.79 Å². The van der Waals surface area contributed by atoms with E-state index in [1.165, 1.54) is 23.6 Å². The van der Waals surface area contributed by atoms with Gasteiger partial charge < -0.3 is 5.32 Å². The first-order chi connectivity index (χ1) is 9.06. The number of aromatic nitrogens is 1. The highest BCUT2D eigenvalue weighted by Gasteiger charge is 2.11. The van der Waals surface area contributed by atoms with Crippen LogP contribution < -0.4 is 5.32 Å². The fourth-order valence-electron chi connectivity index (χ4n) is 1.47. The van der Waals surface area contributed by atoms with Gasteiger partial charge in [-0.1, -0.05) is 34.8 Å². The Bertz CT molecular complexity index is 600. The molecule has 100 valence electrons. The highest BCUT2D eigenvalue weighted by molar-refractivity contribution is 7.16. The molecule has 2 aromatic heterocycles. The molecule has 0 spiro atoms. The zero-order chi connectivity index (χ0) is 13.8. The Balaban J connectivity index is 1.92. The Labute approximate surface area is 129 Å². The lowest BCUT2D eigenvalue weighted by molar-refractivity contribution is 0.0954. The minimum atomic E-state index is -0.267. The molecule has 0 fully saturated rings. The molecule has 1 N–H and O–H groups in total. The maximum absolute atomic E-state index is 11.9. The first-order valence-corrected chi connectivity index (χ1v) is 7.35. The van der Waals surface area contributed by atoms with Crippen molar-refractivity contribution in [2.75, 3.05) is 6.54 Å². The SMILES string of the molecule is O=C(NCCc1ccc(Cl)s1)c1cc(Cl)ncc1Cl. The minimum absolute atomic E-state index is 0.236. The predicted octanol–water partition coefficient (Wildman–Crippen LogP) is 4.08. The zero-order valence-electron chi connectivity index (χ0n) is 9.62. The van der Waals surface area contributed by atoms with E-state index >= 15 is 0 Å².